The summed E-state index contributed by atoms with van der Waals surface area (Å²) in [6, 6.07) is 5.08. The lowest BCUT2D eigenvalue weighted by Gasteiger charge is -2.32. The molecule has 0 saturated carbocycles. The van der Waals surface area contributed by atoms with Crippen LogP contribution < -0.4 is 5.73 Å². The Morgan fingerprint density at radius 2 is 2.26 bits per heavy atom. The number of nitrogens with two attached hydrogens (primary N) is 1. The number of likely N-dealkylation sites (tertiary alicyclic amines) is 1. The summed E-state index contributed by atoms with van der Waals surface area (Å²) in [6.07, 6.45) is 3.66. The monoisotopic (exact) mass is 262 g/mol. The second kappa shape index (κ2) is 4.81. The SMILES string of the molecule is CN1CCCCC1Cn1c(N)nc2ccc(F)cc21. The number of hydrogen-bond donors (Lipinski definition) is 1. The summed E-state index contributed by atoms with van der Waals surface area (Å²) in [6.45, 7) is 1.90. The Hall–Kier alpha value is -1.62. The third-order valence-corrected chi connectivity index (χ3v) is 4.05. The number of rotatable bonds is 2. The molecule has 3 rings (SSSR count). The van der Waals surface area contributed by atoms with Gasteiger partial charge in [-0.3, -0.25) is 0 Å². The van der Waals surface area contributed by atoms with Crippen LogP contribution in [-0.2, 0) is 6.54 Å². The molecule has 0 aliphatic carbocycles. The van der Waals surface area contributed by atoms with Crippen molar-refractivity contribution in [2.75, 3.05) is 19.3 Å². The van der Waals surface area contributed by atoms with E-state index in [1.54, 1.807) is 6.07 Å². The quantitative estimate of drug-likeness (QED) is 0.903. The summed E-state index contributed by atoms with van der Waals surface area (Å²) in [5.41, 5.74) is 7.53. The topological polar surface area (TPSA) is 47.1 Å². The van der Waals surface area contributed by atoms with Gasteiger partial charge in [0.25, 0.3) is 0 Å². The van der Waals surface area contributed by atoms with Crippen LogP contribution in [0.5, 0.6) is 0 Å². The minimum atomic E-state index is -0.245. The van der Waals surface area contributed by atoms with Crippen LogP contribution in [0.15, 0.2) is 18.2 Å². The van der Waals surface area contributed by atoms with Gasteiger partial charge in [-0.1, -0.05) is 6.42 Å². The first kappa shape index (κ1) is 12.4. The van der Waals surface area contributed by atoms with Gasteiger partial charge in [0.05, 0.1) is 11.0 Å². The van der Waals surface area contributed by atoms with Gasteiger partial charge in [0.15, 0.2) is 0 Å². The van der Waals surface area contributed by atoms with E-state index in [0.717, 1.165) is 30.5 Å². The number of likely N-dealkylation sites (N-methyl/N-ethyl adjacent to an activating group) is 1. The van der Waals surface area contributed by atoms with E-state index in [1.165, 1.54) is 25.0 Å². The largest absolute Gasteiger partial charge is 0.369 e. The van der Waals surface area contributed by atoms with Gasteiger partial charge in [0.2, 0.25) is 5.95 Å². The van der Waals surface area contributed by atoms with E-state index in [0.29, 0.717) is 12.0 Å². The second-order valence-electron chi connectivity index (χ2n) is 5.34. The van der Waals surface area contributed by atoms with Gasteiger partial charge < -0.3 is 15.2 Å². The fraction of sp³-hybridized carbons (Fsp3) is 0.500. The first-order valence-electron chi connectivity index (χ1n) is 6.76. The van der Waals surface area contributed by atoms with Gasteiger partial charge in [0, 0.05) is 12.6 Å². The molecule has 102 valence electrons. The van der Waals surface area contributed by atoms with Gasteiger partial charge >= 0.3 is 0 Å². The lowest BCUT2D eigenvalue weighted by molar-refractivity contribution is 0.169. The molecule has 5 heteroatoms. The van der Waals surface area contributed by atoms with Crippen LogP contribution in [-0.4, -0.2) is 34.1 Å². The summed E-state index contributed by atoms with van der Waals surface area (Å²) < 4.78 is 15.3. The number of imidazole rings is 1. The molecule has 1 aliphatic heterocycles. The minimum Gasteiger partial charge on any atom is -0.369 e. The average Bonchev–Trinajstić information content (AvgIpc) is 2.69. The first-order valence-corrected chi connectivity index (χ1v) is 6.76. The molecular weight excluding hydrogens is 243 g/mol. The molecule has 1 fully saturated rings. The number of nitrogen functional groups attached to an aromatic ring is 1. The molecule has 4 nitrogen and oxygen atoms in total. The maximum atomic E-state index is 13.4. The van der Waals surface area contributed by atoms with E-state index in [-0.39, 0.29) is 5.82 Å². The molecule has 1 aliphatic rings. The van der Waals surface area contributed by atoms with Gasteiger partial charge in [-0.15, -0.1) is 0 Å². The Bertz CT molecular complexity index is 592. The maximum absolute atomic E-state index is 13.4. The standard InChI is InChI=1S/C14H19FN4/c1-18-7-3-2-4-11(18)9-19-13-8-10(15)5-6-12(13)17-14(19)16/h5-6,8,11H,2-4,7,9H2,1H3,(H2,16,17). The van der Waals surface area contributed by atoms with Crippen LogP contribution in [0.4, 0.5) is 10.3 Å². The van der Waals surface area contributed by atoms with Crippen molar-refractivity contribution in [3.8, 4) is 0 Å². The van der Waals surface area contributed by atoms with Crippen molar-refractivity contribution < 1.29 is 4.39 Å². The number of fused-ring (bicyclic) bond motifs is 1. The number of nitrogens with zero attached hydrogens (tertiary/aromatic N) is 3. The highest BCUT2D eigenvalue weighted by Crippen LogP contribution is 2.23. The highest BCUT2D eigenvalue weighted by molar-refractivity contribution is 5.78. The van der Waals surface area contributed by atoms with Gasteiger partial charge in [-0.2, -0.15) is 0 Å². The smallest absolute Gasteiger partial charge is 0.201 e. The molecule has 1 atom stereocenters. The summed E-state index contributed by atoms with van der Waals surface area (Å²) in [5, 5.41) is 0. The third-order valence-electron chi connectivity index (χ3n) is 4.05. The van der Waals surface area contributed by atoms with Crippen molar-refractivity contribution in [1.82, 2.24) is 14.5 Å². The molecule has 1 aromatic carbocycles. The highest BCUT2D eigenvalue weighted by atomic mass is 19.1. The Balaban J connectivity index is 1.95. The van der Waals surface area contributed by atoms with E-state index in [9.17, 15) is 4.39 Å². The number of piperidine rings is 1. The Morgan fingerprint density at radius 3 is 3.05 bits per heavy atom. The number of halogens is 1. The molecule has 1 saturated heterocycles. The summed E-state index contributed by atoms with van der Waals surface area (Å²) in [7, 11) is 2.14. The van der Waals surface area contributed by atoms with Crippen molar-refractivity contribution in [1.29, 1.82) is 0 Å². The van der Waals surface area contributed by atoms with E-state index in [1.807, 2.05) is 4.57 Å². The van der Waals surface area contributed by atoms with Crippen molar-refractivity contribution in [2.45, 2.75) is 31.8 Å². The van der Waals surface area contributed by atoms with Crippen LogP contribution in [0.2, 0.25) is 0 Å². The zero-order chi connectivity index (χ0) is 13.4. The molecule has 1 aromatic heterocycles. The van der Waals surface area contributed by atoms with Crippen molar-refractivity contribution in [2.24, 2.45) is 0 Å². The third kappa shape index (κ3) is 2.30. The minimum absolute atomic E-state index is 0.245. The fourth-order valence-electron chi connectivity index (χ4n) is 2.89. The summed E-state index contributed by atoms with van der Waals surface area (Å²) in [4.78, 5) is 6.66. The molecule has 0 radical (unpaired) electrons. The van der Waals surface area contributed by atoms with Crippen LogP contribution >= 0.6 is 0 Å². The molecule has 2 aromatic rings. The van der Waals surface area contributed by atoms with Crippen LogP contribution in [0.3, 0.4) is 0 Å². The van der Waals surface area contributed by atoms with Crippen LogP contribution in [0, 0.1) is 5.82 Å². The molecule has 1 unspecified atom stereocenters. The Labute approximate surface area is 112 Å². The van der Waals surface area contributed by atoms with Gasteiger partial charge in [-0.25, -0.2) is 9.37 Å². The predicted molar refractivity (Wildman–Crippen MR) is 74.4 cm³/mol. The van der Waals surface area contributed by atoms with E-state index in [4.69, 9.17) is 5.73 Å². The average molecular weight is 262 g/mol. The van der Waals surface area contributed by atoms with Crippen molar-refractivity contribution in [3.05, 3.63) is 24.0 Å². The Morgan fingerprint density at radius 1 is 1.42 bits per heavy atom. The van der Waals surface area contributed by atoms with Crippen LogP contribution in [0.1, 0.15) is 19.3 Å². The van der Waals surface area contributed by atoms with Crippen LogP contribution in [0.25, 0.3) is 11.0 Å². The van der Waals surface area contributed by atoms with E-state index >= 15 is 0 Å². The number of hydrogen-bond acceptors (Lipinski definition) is 3. The lowest BCUT2D eigenvalue weighted by Crippen LogP contribution is -2.39. The number of benzene rings is 1. The highest BCUT2D eigenvalue weighted by Gasteiger charge is 2.21. The molecule has 0 spiro atoms. The molecular formula is C14H19FN4. The van der Waals surface area contributed by atoms with Gasteiger partial charge in [0.1, 0.15) is 5.82 Å². The lowest BCUT2D eigenvalue weighted by atomic mass is 10.0. The molecule has 0 amide bonds. The number of anilines is 1. The second-order valence-corrected chi connectivity index (χ2v) is 5.34. The van der Waals surface area contributed by atoms with Crippen molar-refractivity contribution in [3.63, 3.8) is 0 Å². The number of aromatic nitrogens is 2. The molecule has 2 heterocycles. The maximum Gasteiger partial charge on any atom is 0.201 e. The zero-order valence-corrected chi connectivity index (χ0v) is 11.1. The zero-order valence-electron chi connectivity index (χ0n) is 11.1. The fourth-order valence-corrected chi connectivity index (χ4v) is 2.89. The summed E-state index contributed by atoms with van der Waals surface area (Å²) in [5.74, 6) is 0.227. The normalized spacial score (nSPS) is 21.1. The first-order chi connectivity index (χ1) is 9.15. The van der Waals surface area contributed by atoms with E-state index in [2.05, 4.69) is 16.9 Å². The molecule has 0 bridgehead atoms. The Kier molecular flexibility index (Phi) is 3.14. The van der Waals surface area contributed by atoms with Crippen molar-refractivity contribution >= 4 is 17.0 Å². The molecule has 2 N–H and O–H groups in total. The van der Waals surface area contributed by atoms with Gasteiger partial charge in [-0.05, 0) is 44.6 Å². The summed E-state index contributed by atoms with van der Waals surface area (Å²) >= 11 is 0. The van der Waals surface area contributed by atoms with E-state index < -0.39 is 0 Å². The predicted octanol–water partition coefficient (Wildman–Crippen LogP) is 2.24. The molecule has 19 heavy (non-hydrogen) atoms.